The van der Waals surface area contributed by atoms with Crippen molar-refractivity contribution in [3.05, 3.63) is 54.1 Å². The fraction of sp³-hybridized carbons (Fsp3) is 0.263. The topological polar surface area (TPSA) is 61.4 Å². The number of hydrogen-bond acceptors (Lipinski definition) is 3. The van der Waals surface area contributed by atoms with Crippen LogP contribution in [-0.4, -0.2) is 24.9 Å². The molecule has 1 aliphatic heterocycles. The molecule has 1 atom stereocenters. The van der Waals surface area contributed by atoms with E-state index in [9.17, 15) is 9.59 Å². The van der Waals surface area contributed by atoms with Crippen molar-refractivity contribution in [2.24, 2.45) is 0 Å². The van der Waals surface area contributed by atoms with Crippen LogP contribution in [0.2, 0.25) is 0 Å². The molecule has 24 heavy (non-hydrogen) atoms. The van der Waals surface area contributed by atoms with Crippen molar-refractivity contribution < 1.29 is 9.59 Å². The SMILES string of the molecule is CC(=O)Nc1cccc(NC(=O)CN2CC(C)c3ccccc32)c1. The number of amides is 2. The molecule has 3 rings (SSSR count). The zero-order chi connectivity index (χ0) is 17.1. The van der Waals surface area contributed by atoms with Crippen LogP contribution < -0.4 is 15.5 Å². The Morgan fingerprint density at radius 2 is 1.79 bits per heavy atom. The summed E-state index contributed by atoms with van der Waals surface area (Å²) in [5, 5.41) is 5.61. The van der Waals surface area contributed by atoms with E-state index in [1.807, 2.05) is 18.2 Å². The van der Waals surface area contributed by atoms with Gasteiger partial charge in [-0.2, -0.15) is 0 Å². The van der Waals surface area contributed by atoms with E-state index in [0.717, 1.165) is 12.2 Å². The highest BCUT2D eigenvalue weighted by molar-refractivity contribution is 5.96. The fourth-order valence-corrected chi connectivity index (χ4v) is 3.12. The van der Waals surface area contributed by atoms with E-state index in [2.05, 4.69) is 34.6 Å². The van der Waals surface area contributed by atoms with Gasteiger partial charge in [-0.3, -0.25) is 9.59 Å². The molecule has 2 aromatic carbocycles. The lowest BCUT2D eigenvalue weighted by Gasteiger charge is -2.19. The predicted molar refractivity (Wildman–Crippen MR) is 96.4 cm³/mol. The summed E-state index contributed by atoms with van der Waals surface area (Å²) in [4.78, 5) is 25.6. The number of nitrogens with one attached hydrogen (secondary N) is 2. The normalized spacial score (nSPS) is 15.8. The molecule has 0 radical (unpaired) electrons. The maximum absolute atomic E-state index is 12.4. The molecule has 0 spiro atoms. The minimum Gasteiger partial charge on any atom is -0.361 e. The third-order valence-electron chi connectivity index (χ3n) is 4.10. The molecule has 2 amide bonds. The number of fused-ring (bicyclic) bond motifs is 1. The Morgan fingerprint density at radius 1 is 1.08 bits per heavy atom. The van der Waals surface area contributed by atoms with Crippen molar-refractivity contribution in [3.63, 3.8) is 0 Å². The third-order valence-corrected chi connectivity index (χ3v) is 4.10. The van der Waals surface area contributed by atoms with Crippen LogP contribution in [0.5, 0.6) is 0 Å². The van der Waals surface area contributed by atoms with Crippen LogP contribution in [0.4, 0.5) is 17.1 Å². The Labute approximate surface area is 141 Å². The van der Waals surface area contributed by atoms with E-state index in [1.54, 1.807) is 18.2 Å². The average Bonchev–Trinajstić information content (AvgIpc) is 2.83. The number of nitrogens with zero attached hydrogens (tertiary/aromatic N) is 1. The summed E-state index contributed by atoms with van der Waals surface area (Å²) >= 11 is 0. The van der Waals surface area contributed by atoms with Crippen LogP contribution in [0.25, 0.3) is 0 Å². The van der Waals surface area contributed by atoms with Gasteiger partial charge in [-0.05, 0) is 29.8 Å². The highest BCUT2D eigenvalue weighted by atomic mass is 16.2. The van der Waals surface area contributed by atoms with Crippen LogP contribution in [0.3, 0.4) is 0 Å². The van der Waals surface area contributed by atoms with Crippen molar-refractivity contribution in [3.8, 4) is 0 Å². The molecule has 5 heteroatoms. The van der Waals surface area contributed by atoms with Gasteiger partial charge in [0.2, 0.25) is 11.8 Å². The lowest BCUT2D eigenvalue weighted by molar-refractivity contribution is -0.115. The molecule has 2 N–H and O–H groups in total. The van der Waals surface area contributed by atoms with Gasteiger partial charge in [0.1, 0.15) is 0 Å². The summed E-state index contributed by atoms with van der Waals surface area (Å²) in [6.07, 6.45) is 0. The first-order chi connectivity index (χ1) is 11.5. The monoisotopic (exact) mass is 323 g/mol. The maximum atomic E-state index is 12.4. The Hall–Kier alpha value is -2.82. The van der Waals surface area contributed by atoms with Gasteiger partial charge in [-0.1, -0.05) is 31.2 Å². The molecule has 2 aromatic rings. The predicted octanol–water partition coefficient (Wildman–Crippen LogP) is 3.21. The van der Waals surface area contributed by atoms with Crippen LogP contribution in [0, 0.1) is 0 Å². The van der Waals surface area contributed by atoms with Gasteiger partial charge >= 0.3 is 0 Å². The highest BCUT2D eigenvalue weighted by Gasteiger charge is 2.26. The Kier molecular flexibility index (Phi) is 4.51. The van der Waals surface area contributed by atoms with Crippen molar-refractivity contribution in [1.82, 2.24) is 0 Å². The molecule has 0 aromatic heterocycles. The maximum Gasteiger partial charge on any atom is 0.243 e. The zero-order valence-corrected chi connectivity index (χ0v) is 13.9. The minimum absolute atomic E-state index is 0.0705. The van der Waals surface area contributed by atoms with E-state index in [-0.39, 0.29) is 11.8 Å². The lowest BCUT2D eigenvalue weighted by atomic mass is 10.0. The summed E-state index contributed by atoms with van der Waals surface area (Å²) in [5.74, 6) is 0.220. The summed E-state index contributed by atoms with van der Waals surface area (Å²) in [7, 11) is 0. The van der Waals surface area contributed by atoms with Crippen LogP contribution in [0.15, 0.2) is 48.5 Å². The Bertz CT molecular complexity index is 773. The number of benzene rings is 2. The summed E-state index contributed by atoms with van der Waals surface area (Å²) in [6.45, 7) is 4.79. The molecule has 0 bridgehead atoms. The van der Waals surface area contributed by atoms with E-state index < -0.39 is 0 Å². The third kappa shape index (κ3) is 3.56. The summed E-state index contributed by atoms with van der Waals surface area (Å²) in [5.41, 5.74) is 3.76. The van der Waals surface area contributed by atoms with E-state index >= 15 is 0 Å². The molecular formula is C19H21N3O2. The second-order valence-corrected chi connectivity index (χ2v) is 6.15. The average molecular weight is 323 g/mol. The molecular weight excluding hydrogens is 302 g/mol. The molecule has 0 saturated heterocycles. The van der Waals surface area contributed by atoms with Gasteiger partial charge in [0.15, 0.2) is 0 Å². The van der Waals surface area contributed by atoms with Gasteiger partial charge in [0.05, 0.1) is 6.54 Å². The number of carbonyl (C=O) groups is 2. The number of rotatable bonds is 4. The second-order valence-electron chi connectivity index (χ2n) is 6.15. The molecule has 5 nitrogen and oxygen atoms in total. The standard InChI is InChI=1S/C19H21N3O2/c1-13-11-22(18-9-4-3-8-17(13)18)12-19(24)21-16-7-5-6-15(10-16)20-14(2)23/h3-10,13H,11-12H2,1-2H3,(H,20,23)(H,21,24). The Balaban J connectivity index is 1.66. The van der Waals surface area contributed by atoms with E-state index in [0.29, 0.717) is 23.8 Å². The molecule has 1 heterocycles. The van der Waals surface area contributed by atoms with E-state index in [4.69, 9.17) is 0 Å². The molecule has 0 saturated carbocycles. The summed E-state index contributed by atoms with van der Waals surface area (Å²) in [6, 6.07) is 15.4. The fourth-order valence-electron chi connectivity index (χ4n) is 3.12. The van der Waals surface area contributed by atoms with E-state index in [1.165, 1.54) is 12.5 Å². The minimum atomic E-state index is -0.138. The van der Waals surface area contributed by atoms with Crippen molar-refractivity contribution in [2.45, 2.75) is 19.8 Å². The first kappa shape index (κ1) is 16.1. The summed E-state index contributed by atoms with van der Waals surface area (Å²) < 4.78 is 0. The van der Waals surface area contributed by atoms with Crippen molar-refractivity contribution in [2.75, 3.05) is 28.6 Å². The molecule has 0 aliphatic carbocycles. The van der Waals surface area contributed by atoms with Crippen molar-refractivity contribution >= 4 is 28.9 Å². The largest absolute Gasteiger partial charge is 0.361 e. The zero-order valence-electron chi connectivity index (χ0n) is 13.9. The van der Waals surface area contributed by atoms with Gasteiger partial charge < -0.3 is 15.5 Å². The number of hydrogen-bond donors (Lipinski definition) is 2. The van der Waals surface area contributed by atoms with Crippen LogP contribution >= 0.6 is 0 Å². The van der Waals surface area contributed by atoms with Crippen LogP contribution in [-0.2, 0) is 9.59 Å². The Morgan fingerprint density at radius 3 is 2.54 bits per heavy atom. The second kappa shape index (κ2) is 6.74. The first-order valence-electron chi connectivity index (χ1n) is 8.04. The number of carbonyl (C=O) groups excluding carboxylic acids is 2. The molecule has 124 valence electrons. The van der Waals surface area contributed by atoms with Gasteiger partial charge in [0, 0.05) is 36.4 Å². The quantitative estimate of drug-likeness (QED) is 0.908. The smallest absolute Gasteiger partial charge is 0.243 e. The lowest BCUT2D eigenvalue weighted by Crippen LogP contribution is -2.32. The molecule has 1 aliphatic rings. The molecule has 1 unspecified atom stereocenters. The van der Waals surface area contributed by atoms with Gasteiger partial charge in [-0.25, -0.2) is 0 Å². The number of para-hydroxylation sites is 1. The van der Waals surface area contributed by atoms with Gasteiger partial charge in [-0.15, -0.1) is 0 Å². The highest BCUT2D eigenvalue weighted by Crippen LogP contribution is 2.35. The molecule has 0 fully saturated rings. The first-order valence-corrected chi connectivity index (χ1v) is 8.04. The van der Waals surface area contributed by atoms with Gasteiger partial charge in [0.25, 0.3) is 0 Å². The number of anilines is 3. The van der Waals surface area contributed by atoms with Crippen LogP contribution in [0.1, 0.15) is 25.3 Å². The van der Waals surface area contributed by atoms with Crippen molar-refractivity contribution in [1.29, 1.82) is 0 Å².